The molecule has 4 atom stereocenters. The third-order valence-corrected chi connectivity index (χ3v) is 5.74. The minimum Gasteiger partial charge on any atom is -0.390 e. The van der Waals surface area contributed by atoms with E-state index in [1.54, 1.807) is 0 Å². The third-order valence-electron chi connectivity index (χ3n) is 4.77. The first kappa shape index (κ1) is 15.4. The summed E-state index contributed by atoms with van der Waals surface area (Å²) in [5, 5.41) is 21.9. The number of aliphatic hydroxyl groups excluding tert-OH is 2. The van der Waals surface area contributed by atoms with Gasteiger partial charge in [-0.2, -0.15) is 0 Å². The zero-order chi connectivity index (χ0) is 15.0. The van der Waals surface area contributed by atoms with Gasteiger partial charge in [-0.15, -0.1) is 11.3 Å². The largest absolute Gasteiger partial charge is 0.390 e. The number of fused-ring (bicyclic) bond motifs is 1. The fourth-order valence-electron chi connectivity index (χ4n) is 3.81. The van der Waals surface area contributed by atoms with Crippen LogP contribution in [0.5, 0.6) is 0 Å². The molecule has 118 valence electrons. The minimum absolute atomic E-state index is 0.514. The molecule has 2 aliphatic rings. The van der Waals surface area contributed by atoms with Crippen LogP contribution in [0.15, 0.2) is 11.4 Å². The molecule has 5 heteroatoms. The van der Waals surface area contributed by atoms with Crippen LogP contribution < -0.4 is 0 Å². The van der Waals surface area contributed by atoms with Crippen molar-refractivity contribution in [2.24, 2.45) is 11.8 Å². The van der Waals surface area contributed by atoms with Crippen molar-refractivity contribution in [2.45, 2.75) is 38.1 Å². The van der Waals surface area contributed by atoms with Crippen LogP contribution in [0, 0.1) is 11.8 Å². The second-order valence-electron chi connectivity index (χ2n) is 6.98. The van der Waals surface area contributed by atoms with Crippen LogP contribution in [0.2, 0.25) is 0 Å². The number of hydrogen-bond acceptors (Lipinski definition) is 5. The van der Waals surface area contributed by atoms with Gasteiger partial charge in [0.2, 0.25) is 0 Å². The molecule has 2 fully saturated rings. The Balaban J connectivity index is 1.56. The molecule has 1 saturated carbocycles. The van der Waals surface area contributed by atoms with E-state index in [2.05, 4.69) is 35.3 Å². The van der Waals surface area contributed by atoms with E-state index < -0.39 is 12.2 Å². The zero-order valence-electron chi connectivity index (χ0n) is 12.9. The van der Waals surface area contributed by atoms with E-state index in [0.29, 0.717) is 11.8 Å². The molecular weight excluding hydrogens is 284 g/mol. The van der Waals surface area contributed by atoms with Crippen LogP contribution in [-0.4, -0.2) is 59.4 Å². The van der Waals surface area contributed by atoms with Crippen LogP contribution in [0.1, 0.15) is 23.3 Å². The lowest BCUT2D eigenvalue weighted by atomic mass is 9.79. The highest BCUT2D eigenvalue weighted by molar-refractivity contribution is 7.10. The maximum atomic E-state index is 9.82. The molecule has 1 saturated heterocycles. The summed E-state index contributed by atoms with van der Waals surface area (Å²) in [6.07, 6.45) is 0.497. The van der Waals surface area contributed by atoms with E-state index in [1.165, 1.54) is 10.4 Å². The maximum Gasteiger partial charge on any atom is 0.0802 e. The summed E-state index contributed by atoms with van der Waals surface area (Å²) in [5.74, 6) is 1.12. The van der Waals surface area contributed by atoms with Crippen molar-refractivity contribution < 1.29 is 10.2 Å². The van der Waals surface area contributed by atoms with Crippen molar-refractivity contribution in [1.29, 1.82) is 0 Å². The van der Waals surface area contributed by atoms with E-state index in [0.717, 1.165) is 39.0 Å². The number of aliphatic hydroxyl groups is 2. The Morgan fingerprint density at radius 2 is 1.81 bits per heavy atom. The van der Waals surface area contributed by atoms with Crippen molar-refractivity contribution in [3.63, 3.8) is 0 Å². The van der Waals surface area contributed by atoms with Crippen molar-refractivity contribution in [3.05, 3.63) is 21.9 Å². The number of nitrogens with zero attached hydrogens (tertiary/aromatic N) is 2. The molecule has 0 bridgehead atoms. The van der Waals surface area contributed by atoms with E-state index in [-0.39, 0.29) is 0 Å². The highest BCUT2D eigenvalue weighted by Gasteiger charge is 2.40. The number of likely N-dealkylation sites (tertiary alicyclic amines) is 1. The molecule has 0 aromatic carbocycles. The third kappa shape index (κ3) is 3.66. The van der Waals surface area contributed by atoms with Crippen LogP contribution in [0.3, 0.4) is 0 Å². The van der Waals surface area contributed by atoms with Gasteiger partial charge in [0.25, 0.3) is 0 Å². The molecule has 1 aliphatic carbocycles. The van der Waals surface area contributed by atoms with Gasteiger partial charge in [0.15, 0.2) is 0 Å². The lowest BCUT2D eigenvalue weighted by Crippen LogP contribution is -2.38. The summed E-state index contributed by atoms with van der Waals surface area (Å²) >= 11 is 1.85. The molecule has 0 spiro atoms. The molecule has 2 heterocycles. The number of rotatable bonds is 4. The Hall–Kier alpha value is -0.460. The van der Waals surface area contributed by atoms with Gasteiger partial charge >= 0.3 is 0 Å². The first-order valence-corrected chi connectivity index (χ1v) is 8.68. The average Bonchev–Trinajstić information content (AvgIpc) is 2.96. The fraction of sp³-hybridized carbons (Fsp3) is 0.750. The standard InChI is InChI=1S/C16H26N2O2S/c1-17(2)6-11-3-14(21-10-11)9-18-7-12-4-15(19)16(20)5-13(12)8-18/h3,10,12-13,15-16,19-20H,4-9H2,1-2H3/t12-,13+,15+,16-. The molecule has 1 aliphatic heterocycles. The molecule has 0 amide bonds. The van der Waals surface area contributed by atoms with E-state index in [1.807, 2.05) is 11.3 Å². The van der Waals surface area contributed by atoms with Gasteiger partial charge in [0.05, 0.1) is 12.2 Å². The summed E-state index contributed by atoms with van der Waals surface area (Å²) in [6, 6.07) is 2.32. The van der Waals surface area contributed by atoms with Gasteiger partial charge in [-0.3, -0.25) is 4.90 Å². The molecule has 4 nitrogen and oxygen atoms in total. The normalized spacial score (nSPS) is 33.6. The van der Waals surface area contributed by atoms with Gasteiger partial charge in [-0.05, 0) is 55.8 Å². The first-order valence-electron chi connectivity index (χ1n) is 7.80. The van der Waals surface area contributed by atoms with E-state index in [4.69, 9.17) is 0 Å². The van der Waals surface area contributed by atoms with Crippen molar-refractivity contribution in [1.82, 2.24) is 9.80 Å². The summed E-state index contributed by atoms with van der Waals surface area (Å²) in [6.45, 7) is 4.14. The second-order valence-corrected chi connectivity index (χ2v) is 7.98. The van der Waals surface area contributed by atoms with Crippen molar-refractivity contribution in [2.75, 3.05) is 27.2 Å². The lowest BCUT2D eigenvalue weighted by Gasteiger charge is -2.32. The monoisotopic (exact) mass is 310 g/mol. The Labute approximate surface area is 131 Å². The first-order chi connectivity index (χ1) is 10.0. The predicted molar refractivity (Wildman–Crippen MR) is 85.2 cm³/mol. The molecule has 0 radical (unpaired) electrons. The predicted octanol–water partition coefficient (Wildman–Crippen LogP) is 1.37. The van der Waals surface area contributed by atoms with Gasteiger partial charge in [0.1, 0.15) is 0 Å². The average molecular weight is 310 g/mol. The SMILES string of the molecule is CN(C)Cc1csc(CN2C[C@H]3C[C@H](O)[C@H](O)C[C@H]3C2)c1. The molecule has 2 N–H and O–H groups in total. The van der Waals surface area contributed by atoms with Crippen molar-refractivity contribution in [3.8, 4) is 0 Å². The lowest BCUT2D eigenvalue weighted by molar-refractivity contribution is -0.0372. The van der Waals surface area contributed by atoms with Crippen molar-refractivity contribution >= 4 is 11.3 Å². The van der Waals surface area contributed by atoms with Crippen LogP contribution in [0.25, 0.3) is 0 Å². The van der Waals surface area contributed by atoms with Crippen LogP contribution in [-0.2, 0) is 13.1 Å². The Morgan fingerprint density at radius 1 is 1.19 bits per heavy atom. The fourth-order valence-corrected chi connectivity index (χ4v) is 4.73. The summed E-state index contributed by atoms with van der Waals surface area (Å²) in [4.78, 5) is 6.11. The number of thiophene rings is 1. The molecule has 0 unspecified atom stereocenters. The molecule has 3 rings (SSSR count). The Kier molecular flexibility index (Phi) is 4.66. The van der Waals surface area contributed by atoms with Gasteiger partial charge in [-0.25, -0.2) is 0 Å². The quantitative estimate of drug-likeness (QED) is 0.882. The van der Waals surface area contributed by atoms with Gasteiger partial charge in [-0.1, -0.05) is 0 Å². The molecule has 1 aromatic rings. The molecular formula is C16H26N2O2S. The summed E-state index contributed by atoms with van der Waals surface area (Å²) in [7, 11) is 4.19. The summed E-state index contributed by atoms with van der Waals surface area (Å²) in [5.41, 5.74) is 1.39. The highest BCUT2D eigenvalue weighted by atomic mass is 32.1. The van der Waals surface area contributed by atoms with Gasteiger partial charge < -0.3 is 15.1 Å². The Morgan fingerprint density at radius 3 is 2.38 bits per heavy atom. The highest BCUT2D eigenvalue weighted by Crippen LogP contribution is 2.37. The van der Waals surface area contributed by atoms with Crippen LogP contribution in [0.4, 0.5) is 0 Å². The van der Waals surface area contributed by atoms with E-state index in [9.17, 15) is 10.2 Å². The topological polar surface area (TPSA) is 46.9 Å². The minimum atomic E-state index is -0.514. The molecule has 21 heavy (non-hydrogen) atoms. The number of hydrogen-bond donors (Lipinski definition) is 2. The maximum absolute atomic E-state index is 9.82. The zero-order valence-corrected chi connectivity index (χ0v) is 13.7. The summed E-state index contributed by atoms with van der Waals surface area (Å²) < 4.78 is 0. The van der Waals surface area contributed by atoms with E-state index >= 15 is 0 Å². The smallest absolute Gasteiger partial charge is 0.0802 e. The Bertz CT molecular complexity index is 459. The molecule has 1 aromatic heterocycles. The second kappa shape index (κ2) is 6.34. The van der Waals surface area contributed by atoms with Crippen LogP contribution >= 0.6 is 11.3 Å². The van der Waals surface area contributed by atoms with Gasteiger partial charge in [0, 0.05) is 31.1 Å².